The van der Waals surface area contributed by atoms with E-state index in [-0.39, 0.29) is 40.0 Å². The van der Waals surface area contributed by atoms with Crippen molar-refractivity contribution in [1.82, 2.24) is 0 Å². The van der Waals surface area contributed by atoms with Crippen molar-refractivity contribution in [2.24, 2.45) is 0 Å². The Morgan fingerprint density at radius 3 is 2.00 bits per heavy atom. The Hall–Kier alpha value is 0.986. The van der Waals surface area contributed by atoms with Crippen LogP contribution in [-0.4, -0.2) is 23.1 Å². The third-order valence-electron chi connectivity index (χ3n) is 0.402. The maximum absolute atomic E-state index is 3.59. The van der Waals surface area contributed by atoms with E-state index in [2.05, 4.69) is 6.92 Å². The molecule has 0 atom stereocenters. The van der Waals surface area contributed by atoms with E-state index in [0.717, 1.165) is 6.42 Å². The largest absolute Gasteiger partial charge is 2.00 e. The molecule has 0 aliphatic carbocycles. The summed E-state index contributed by atoms with van der Waals surface area (Å²) in [6.07, 6.45) is 4.92. The molecular formula is C5H9BrMg. The van der Waals surface area contributed by atoms with E-state index in [1.165, 1.54) is 0 Å². The molecule has 0 heterocycles. The zero-order valence-corrected chi connectivity index (χ0v) is 7.65. The summed E-state index contributed by atoms with van der Waals surface area (Å²) in [5, 5.41) is 0. The molecule has 0 N–H and O–H groups in total. The van der Waals surface area contributed by atoms with Gasteiger partial charge in [-0.3, -0.25) is 0 Å². The van der Waals surface area contributed by atoms with Crippen LogP contribution in [0.25, 0.3) is 0 Å². The van der Waals surface area contributed by atoms with Gasteiger partial charge in [0, 0.05) is 0 Å². The second kappa shape index (κ2) is 15.8. The van der Waals surface area contributed by atoms with Crippen LogP contribution in [0.1, 0.15) is 13.3 Å². The first-order chi connectivity index (χ1) is 2.41. The molecule has 0 saturated heterocycles. The molecule has 0 aromatic heterocycles. The molecule has 2 heteroatoms. The van der Waals surface area contributed by atoms with Crippen molar-refractivity contribution in [2.75, 3.05) is 0 Å². The van der Waals surface area contributed by atoms with Crippen LogP contribution in [0.3, 0.4) is 0 Å². The van der Waals surface area contributed by atoms with Crippen LogP contribution in [-0.2, 0) is 0 Å². The molecule has 0 aliphatic heterocycles. The second-order valence-corrected chi connectivity index (χ2v) is 0.858. The van der Waals surface area contributed by atoms with E-state index in [0.29, 0.717) is 0 Å². The fraction of sp³-hybridized carbons (Fsp3) is 0.400. The normalized spacial score (nSPS) is 7.14. The van der Waals surface area contributed by atoms with Crippen molar-refractivity contribution in [3.63, 3.8) is 0 Å². The molecule has 0 unspecified atom stereocenters. The number of hydrogen-bond donors (Lipinski definition) is 0. The van der Waals surface area contributed by atoms with Crippen LogP contribution >= 0.6 is 0 Å². The number of halogens is 1. The van der Waals surface area contributed by atoms with Crippen LogP contribution < -0.4 is 17.0 Å². The quantitative estimate of drug-likeness (QED) is 0.255. The summed E-state index contributed by atoms with van der Waals surface area (Å²) in [7, 11) is 0. The van der Waals surface area contributed by atoms with Gasteiger partial charge in [0.05, 0.1) is 0 Å². The van der Waals surface area contributed by atoms with Crippen molar-refractivity contribution >= 4 is 23.1 Å². The van der Waals surface area contributed by atoms with Crippen LogP contribution in [0, 0.1) is 6.92 Å². The molecule has 0 saturated carbocycles. The summed E-state index contributed by atoms with van der Waals surface area (Å²) >= 11 is 0. The molecule has 0 rings (SSSR count). The smallest absolute Gasteiger partial charge is 1.00 e. The molecule has 0 amide bonds. The zero-order valence-electron chi connectivity index (χ0n) is 4.65. The van der Waals surface area contributed by atoms with Gasteiger partial charge in [0.2, 0.25) is 0 Å². The van der Waals surface area contributed by atoms with Crippen LogP contribution in [0.2, 0.25) is 0 Å². The average Bonchev–Trinajstić information content (AvgIpc) is 1.41. The van der Waals surface area contributed by atoms with Gasteiger partial charge in [-0.1, -0.05) is 6.08 Å². The van der Waals surface area contributed by atoms with Gasteiger partial charge < -0.3 is 23.9 Å². The summed E-state index contributed by atoms with van der Waals surface area (Å²) in [4.78, 5) is 0. The predicted molar refractivity (Wildman–Crippen MR) is 30.5 cm³/mol. The first kappa shape index (κ1) is 15.7. The Morgan fingerprint density at radius 1 is 1.57 bits per heavy atom. The number of allylic oxidation sites excluding steroid dienone is 2. The molecule has 0 aromatic rings. The SMILES string of the molecule is [Br-].[CH2-]C/C=C/C.[Mg+2]. The van der Waals surface area contributed by atoms with E-state index in [9.17, 15) is 0 Å². The standard InChI is InChI=1S/C5H9.BrH.Mg/c1-3-5-4-2;;/h4-5H,1,3H2,2H3;1H;/q-1;;+2/p-1/b5-4+;;. The Balaban J connectivity index is -0.0000000800. The minimum atomic E-state index is 0. The maximum atomic E-state index is 3.59. The Bertz CT molecular complexity index is 35.1. The summed E-state index contributed by atoms with van der Waals surface area (Å²) in [6.45, 7) is 5.58. The molecule has 0 nitrogen and oxygen atoms in total. The van der Waals surface area contributed by atoms with E-state index >= 15 is 0 Å². The Morgan fingerprint density at radius 2 is 2.00 bits per heavy atom. The third-order valence-corrected chi connectivity index (χ3v) is 0.402. The Labute approximate surface area is 72.3 Å². The third kappa shape index (κ3) is 19.5. The van der Waals surface area contributed by atoms with Gasteiger partial charge in [-0.05, 0) is 6.92 Å². The average molecular weight is 173 g/mol. The van der Waals surface area contributed by atoms with Gasteiger partial charge in [0.25, 0.3) is 0 Å². The molecule has 7 heavy (non-hydrogen) atoms. The second-order valence-electron chi connectivity index (χ2n) is 0.858. The molecular weight excluding hydrogens is 164 g/mol. The number of rotatable bonds is 1. The van der Waals surface area contributed by atoms with Crippen molar-refractivity contribution in [2.45, 2.75) is 13.3 Å². The summed E-state index contributed by atoms with van der Waals surface area (Å²) in [6, 6.07) is 0. The predicted octanol–water partition coefficient (Wildman–Crippen LogP) is -1.59. The van der Waals surface area contributed by atoms with Crippen LogP contribution in [0.5, 0.6) is 0 Å². The van der Waals surface area contributed by atoms with E-state index in [1.807, 2.05) is 19.1 Å². The molecule has 0 aromatic carbocycles. The monoisotopic (exact) mass is 172 g/mol. The van der Waals surface area contributed by atoms with Crippen molar-refractivity contribution in [1.29, 1.82) is 0 Å². The van der Waals surface area contributed by atoms with E-state index in [4.69, 9.17) is 0 Å². The Kier molecular flexibility index (Phi) is 35.3. The molecule has 38 valence electrons. The van der Waals surface area contributed by atoms with Gasteiger partial charge in [-0.15, -0.1) is 6.08 Å². The van der Waals surface area contributed by atoms with Crippen molar-refractivity contribution < 1.29 is 17.0 Å². The van der Waals surface area contributed by atoms with Crippen LogP contribution in [0.4, 0.5) is 0 Å². The van der Waals surface area contributed by atoms with Gasteiger partial charge in [-0.25, -0.2) is 0 Å². The zero-order chi connectivity index (χ0) is 4.12. The van der Waals surface area contributed by atoms with Gasteiger partial charge in [0.15, 0.2) is 0 Å². The van der Waals surface area contributed by atoms with Crippen molar-refractivity contribution in [3.8, 4) is 0 Å². The van der Waals surface area contributed by atoms with Crippen molar-refractivity contribution in [3.05, 3.63) is 19.1 Å². The van der Waals surface area contributed by atoms with Gasteiger partial charge in [-0.2, -0.15) is 6.42 Å². The fourth-order valence-electron chi connectivity index (χ4n) is 0.167. The maximum Gasteiger partial charge on any atom is 2.00 e. The summed E-state index contributed by atoms with van der Waals surface area (Å²) < 4.78 is 0. The van der Waals surface area contributed by atoms with E-state index in [1.54, 1.807) is 0 Å². The molecule has 0 spiro atoms. The minimum Gasteiger partial charge on any atom is -1.00 e. The molecule has 0 bridgehead atoms. The van der Waals surface area contributed by atoms with Gasteiger partial charge in [0.1, 0.15) is 0 Å². The molecule has 0 fully saturated rings. The van der Waals surface area contributed by atoms with E-state index < -0.39 is 0 Å². The molecule has 0 radical (unpaired) electrons. The first-order valence-corrected chi connectivity index (χ1v) is 1.82. The summed E-state index contributed by atoms with van der Waals surface area (Å²) in [5.74, 6) is 0. The fourth-order valence-corrected chi connectivity index (χ4v) is 0.167. The molecule has 0 aliphatic rings. The first-order valence-electron chi connectivity index (χ1n) is 1.82. The topological polar surface area (TPSA) is 0 Å². The minimum absolute atomic E-state index is 0. The summed E-state index contributed by atoms with van der Waals surface area (Å²) in [5.41, 5.74) is 0. The van der Waals surface area contributed by atoms with Crippen LogP contribution in [0.15, 0.2) is 12.2 Å². The number of hydrogen-bond acceptors (Lipinski definition) is 0. The van der Waals surface area contributed by atoms with Gasteiger partial charge >= 0.3 is 23.1 Å².